The fraction of sp³-hybridized carbons (Fsp3) is 0.316. The fourth-order valence-corrected chi connectivity index (χ4v) is 5.42. The van der Waals surface area contributed by atoms with Crippen molar-refractivity contribution in [2.75, 3.05) is 30.5 Å². The molecule has 5 nitrogen and oxygen atoms in total. The Kier molecular flexibility index (Phi) is 7.07. The quantitative estimate of drug-likeness (QED) is 0.641. The molecule has 29 heavy (non-hydrogen) atoms. The Morgan fingerprint density at radius 2 is 1.79 bits per heavy atom. The highest BCUT2D eigenvalue weighted by Gasteiger charge is 2.31. The molecule has 1 fully saturated rings. The van der Waals surface area contributed by atoms with Crippen LogP contribution in [0.5, 0.6) is 17.2 Å². The van der Waals surface area contributed by atoms with Crippen LogP contribution in [-0.2, 0) is 4.79 Å². The van der Waals surface area contributed by atoms with Crippen LogP contribution in [-0.4, -0.2) is 37.5 Å². The molecule has 0 bridgehead atoms. The second-order valence-electron chi connectivity index (χ2n) is 5.89. The van der Waals surface area contributed by atoms with E-state index in [1.54, 1.807) is 6.07 Å². The van der Waals surface area contributed by atoms with Gasteiger partial charge in [-0.15, -0.1) is 36.7 Å². The van der Waals surface area contributed by atoms with Crippen LogP contribution < -0.4 is 19.5 Å². The summed E-state index contributed by atoms with van der Waals surface area (Å²) in [4.78, 5) is 12.1. The summed E-state index contributed by atoms with van der Waals surface area (Å²) in [6.45, 7) is -0.274. The van der Waals surface area contributed by atoms with Gasteiger partial charge in [-0.25, -0.2) is 0 Å². The molecule has 2 aromatic rings. The summed E-state index contributed by atoms with van der Waals surface area (Å²) in [5.74, 6) is 2.38. The standard InChI is InChI=1S/C19H18F3NO4S2/c1-25-16-10-12(18-28-8-9-29-18)2-7-15(16)26-11-17(24)23-13-3-5-14(6-4-13)27-19(20,21)22/h2-7,10,18H,8-9,11H2,1H3,(H,23,24). The lowest BCUT2D eigenvalue weighted by molar-refractivity contribution is -0.274. The van der Waals surface area contributed by atoms with Crippen molar-refractivity contribution in [1.29, 1.82) is 0 Å². The van der Waals surface area contributed by atoms with Gasteiger partial charge in [0.15, 0.2) is 18.1 Å². The highest BCUT2D eigenvalue weighted by atomic mass is 32.2. The molecule has 1 saturated heterocycles. The van der Waals surface area contributed by atoms with E-state index in [4.69, 9.17) is 9.47 Å². The first-order valence-electron chi connectivity index (χ1n) is 8.53. The summed E-state index contributed by atoms with van der Waals surface area (Å²) in [7, 11) is 1.53. The molecule has 1 aliphatic heterocycles. The molecule has 0 aliphatic carbocycles. The maximum atomic E-state index is 12.2. The van der Waals surface area contributed by atoms with E-state index in [0.29, 0.717) is 21.8 Å². The number of thioether (sulfide) groups is 2. The van der Waals surface area contributed by atoms with E-state index in [1.807, 2.05) is 35.7 Å². The number of ether oxygens (including phenoxy) is 3. The van der Waals surface area contributed by atoms with Crippen molar-refractivity contribution in [1.82, 2.24) is 0 Å². The monoisotopic (exact) mass is 445 g/mol. The van der Waals surface area contributed by atoms with Crippen LogP contribution in [0.4, 0.5) is 18.9 Å². The molecule has 0 saturated carbocycles. The maximum Gasteiger partial charge on any atom is 0.573 e. The van der Waals surface area contributed by atoms with Crippen molar-refractivity contribution in [2.24, 2.45) is 0 Å². The first-order valence-corrected chi connectivity index (χ1v) is 10.6. The first-order chi connectivity index (χ1) is 13.8. The van der Waals surface area contributed by atoms with Crippen LogP contribution in [0.3, 0.4) is 0 Å². The van der Waals surface area contributed by atoms with Gasteiger partial charge in [-0.2, -0.15) is 0 Å². The lowest BCUT2D eigenvalue weighted by atomic mass is 10.2. The lowest BCUT2D eigenvalue weighted by Gasteiger charge is -2.14. The summed E-state index contributed by atoms with van der Waals surface area (Å²) >= 11 is 3.75. The number of rotatable bonds is 7. The minimum atomic E-state index is -4.76. The summed E-state index contributed by atoms with van der Waals surface area (Å²) in [6, 6.07) is 10.5. The topological polar surface area (TPSA) is 56.8 Å². The van der Waals surface area contributed by atoms with Gasteiger partial charge < -0.3 is 19.5 Å². The number of alkyl halides is 3. The van der Waals surface area contributed by atoms with E-state index in [1.165, 1.54) is 19.2 Å². The third-order valence-corrected chi connectivity index (χ3v) is 6.92. The fourth-order valence-electron chi connectivity index (χ4n) is 2.58. The SMILES string of the molecule is COc1cc(C2SCCS2)ccc1OCC(=O)Nc1ccc(OC(F)(F)F)cc1. The predicted octanol–water partition coefficient (Wildman–Crippen LogP) is 5.09. The second kappa shape index (κ2) is 9.53. The van der Waals surface area contributed by atoms with Gasteiger partial charge in [-0.3, -0.25) is 4.79 Å². The average molecular weight is 445 g/mol. The molecule has 0 spiro atoms. The normalized spacial score (nSPS) is 14.5. The Hall–Kier alpha value is -2.20. The molecule has 0 atom stereocenters. The summed E-state index contributed by atoms with van der Waals surface area (Å²) in [5, 5.41) is 2.55. The van der Waals surface area contributed by atoms with Crippen molar-refractivity contribution in [3.8, 4) is 17.2 Å². The van der Waals surface area contributed by atoms with E-state index >= 15 is 0 Å². The number of amides is 1. The van der Waals surface area contributed by atoms with Crippen molar-refractivity contribution >= 4 is 35.1 Å². The Morgan fingerprint density at radius 3 is 2.41 bits per heavy atom. The molecule has 1 heterocycles. The van der Waals surface area contributed by atoms with Crippen molar-refractivity contribution < 1.29 is 32.2 Å². The van der Waals surface area contributed by atoms with E-state index in [2.05, 4.69) is 10.1 Å². The van der Waals surface area contributed by atoms with Crippen molar-refractivity contribution in [3.05, 3.63) is 48.0 Å². The molecule has 0 unspecified atom stereocenters. The number of anilines is 1. The van der Waals surface area contributed by atoms with Crippen molar-refractivity contribution in [2.45, 2.75) is 10.9 Å². The number of nitrogens with one attached hydrogen (secondary N) is 1. The molecule has 1 N–H and O–H groups in total. The zero-order chi connectivity index (χ0) is 20.9. The Labute approximate surface area is 174 Å². The van der Waals surface area contributed by atoms with Crippen LogP contribution in [0.25, 0.3) is 0 Å². The van der Waals surface area contributed by atoms with Crippen molar-refractivity contribution in [3.63, 3.8) is 0 Å². The number of halogens is 3. The van der Waals surface area contributed by atoms with Gasteiger partial charge in [0.25, 0.3) is 5.91 Å². The number of carbonyl (C=O) groups is 1. The Morgan fingerprint density at radius 1 is 1.10 bits per heavy atom. The molecule has 0 aromatic heterocycles. The summed E-state index contributed by atoms with van der Waals surface area (Å²) in [6.07, 6.45) is -4.76. The Bertz CT molecular complexity index is 840. The highest BCUT2D eigenvalue weighted by Crippen LogP contribution is 2.46. The van der Waals surface area contributed by atoms with Gasteiger partial charge in [0, 0.05) is 17.2 Å². The van der Waals surface area contributed by atoms with Gasteiger partial charge in [0.1, 0.15) is 5.75 Å². The number of carbonyl (C=O) groups excluding carboxylic acids is 1. The van der Waals surface area contributed by atoms with E-state index < -0.39 is 12.3 Å². The van der Waals surface area contributed by atoms with Gasteiger partial charge in [0.05, 0.1) is 11.7 Å². The van der Waals surface area contributed by atoms with Crippen LogP contribution in [0, 0.1) is 0 Å². The smallest absolute Gasteiger partial charge is 0.493 e. The zero-order valence-corrected chi connectivity index (χ0v) is 17.0. The number of hydrogen-bond donors (Lipinski definition) is 1. The van der Waals surface area contributed by atoms with Crippen LogP contribution in [0.15, 0.2) is 42.5 Å². The second-order valence-corrected chi connectivity index (χ2v) is 8.62. The van der Waals surface area contributed by atoms with Gasteiger partial charge in [-0.1, -0.05) is 6.07 Å². The Balaban J connectivity index is 1.55. The number of benzene rings is 2. The molecule has 10 heteroatoms. The van der Waals surface area contributed by atoms with E-state index in [-0.39, 0.29) is 12.4 Å². The third-order valence-electron chi connectivity index (χ3n) is 3.81. The minimum Gasteiger partial charge on any atom is -0.493 e. The molecule has 2 aromatic carbocycles. The maximum absolute atomic E-state index is 12.2. The molecular weight excluding hydrogens is 427 g/mol. The largest absolute Gasteiger partial charge is 0.573 e. The zero-order valence-electron chi connectivity index (χ0n) is 15.3. The highest BCUT2D eigenvalue weighted by molar-refractivity contribution is 8.19. The van der Waals surface area contributed by atoms with Gasteiger partial charge in [0.2, 0.25) is 0 Å². The van der Waals surface area contributed by atoms with E-state index in [0.717, 1.165) is 29.2 Å². The van der Waals surface area contributed by atoms with Crippen LogP contribution >= 0.6 is 23.5 Å². The number of methoxy groups -OCH3 is 1. The molecule has 156 valence electrons. The molecule has 1 amide bonds. The number of hydrogen-bond acceptors (Lipinski definition) is 6. The van der Waals surface area contributed by atoms with Crippen LogP contribution in [0.1, 0.15) is 10.1 Å². The third kappa shape index (κ3) is 6.40. The summed E-state index contributed by atoms with van der Waals surface area (Å²) in [5.41, 5.74) is 1.46. The van der Waals surface area contributed by atoms with Gasteiger partial charge >= 0.3 is 6.36 Å². The predicted molar refractivity (Wildman–Crippen MR) is 108 cm³/mol. The molecule has 0 radical (unpaired) electrons. The molecule has 1 aliphatic rings. The molecular formula is C19H18F3NO4S2. The lowest BCUT2D eigenvalue weighted by Crippen LogP contribution is -2.20. The average Bonchev–Trinajstić information content (AvgIpc) is 3.21. The first kappa shape index (κ1) is 21.5. The van der Waals surface area contributed by atoms with Gasteiger partial charge in [-0.05, 0) is 42.0 Å². The summed E-state index contributed by atoms with van der Waals surface area (Å²) < 4.78 is 51.6. The molecule has 3 rings (SSSR count). The van der Waals surface area contributed by atoms with E-state index in [9.17, 15) is 18.0 Å². The van der Waals surface area contributed by atoms with Crippen LogP contribution in [0.2, 0.25) is 0 Å². The minimum absolute atomic E-state index is 0.274.